The van der Waals surface area contributed by atoms with Crippen molar-refractivity contribution in [3.63, 3.8) is 0 Å². The fourth-order valence-corrected chi connectivity index (χ4v) is 5.19. The molecule has 0 bridgehead atoms. The molecule has 10 nitrogen and oxygen atoms in total. The first-order valence-electron chi connectivity index (χ1n) is 12.1. The largest absolute Gasteiger partial charge is 0.507 e. The second kappa shape index (κ2) is 12.6. The average Bonchev–Trinajstić information content (AvgIpc) is 3.29. The second-order valence-electron chi connectivity index (χ2n) is 8.59. The molecule has 0 aliphatic rings. The molecule has 0 saturated heterocycles. The van der Waals surface area contributed by atoms with Gasteiger partial charge in [0.25, 0.3) is 11.8 Å². The molecule has 0 radical (unpaired) electrons. The number of rotatable bonds is 6. The maximum Gasteiger partial charge on any atom is 0.284 e. The van der Waals surface area contributed by atoms with Crippen molar-refractivity contribution in [2.45, 2.75) is 11.8 Å². The molecule has 40 heavy (non-hydrogen) atoms. The van der Waals surface area contributed by atoms with E-state index < -0.39 is 16.6 Å². The van der Waals surface area contributed by atoms with E-state index in [1.165, 1.54) is 30.2 Å². The summed E-state index contributed by atoms with van der Waals surface area (Å²) in [6, 6.07) is 16.8. The van der Waals surface area contributed by atoms with Crippen LogP contribution in [0.3, 0.4) is 0 Å². The van der Waals surface area contributed by atoms with E-state index in [-0.39, 0.29) is 28.9 Å². The molecule has 0 fully saturated rings. The molecule has 0 aliphatic heterocycles. The molecule has 2 aromatic carbocycles. The number of aromatic hydroxyl groups is 1. The van der Waals surface area contributed by atoms with Crippen LogP contribution < -0.4 is 10.6 Å². The Morgan fingerprint density at radius 1 is 1.02 bits per heavy atom. The van der Waals surface area contributed by atoms with Crippen LogP contribution in [0.2, 0.25) is 0 Å². The Balaban J connectivity index is 1.54. The Labute approximate surface area is 233 Å². The van der Waals surface area contributed by atoms with Crippen molar-refractivity contribution >= 4 is 34.1 Å². The first-order chi connectivity index (χ1) is 19.2. The van der Waals surface area contributed by atoms with Gasteiger partial charge in [-0.3, -0.25) is 24.0 Å². The number of nitrogens with zero attached hydrogens (tertiary/aromatic N) is 4. The molecule has 2 aromatic heterocycles. The van der Waals surface area contributed by atoms with E-state index in [4.69, 9.17) is 0 Å². The second-order valence-corrected chi connectivity index (χ2v) is 10.2. The maximum absolute atomic E-state index is 13.0. The Hall–Kier alpha value is -5.08. The fourth-order valence-electron chi connectivity index (χ4n) is 3.63. The minimum absolute atomic E-state index is 0.0436. The molecule has 3 N–H and O–H groups in total. The number of carbonyl (C=O) groups is 3. The van der Waals surface area contributed by atoms with Gasteiger partial charge in [-0.1, -0.05) is 30.0 Å². The number of para-hydroxylation sites is 1. The molecule has 202 valence electrons. The van der Waals surface area contributed by atoms with Gasteiger partial charge in [0.05, 0.1) is 21.9 Å². The van der Waals surface area contributed by atoms with E-state index in [0.29, 0.717) is 27.4 Å². The number of anilines is 1. The van der Waals surface area contributed by atoms with E-state index >= 15 is 0 Å². The van der Waals surface area contributed by atoms with Gasteiger partial charge in [-0.2, -0.15) is 9.46 Å². The Kier molecular flexibility index (Phi) is 8.83. The zero-order valence-corrected chi connectivity index (χ0v) is 22.8. The van der Waals surface area contributed by atoms with Crippen LogP contribution in [0.5, 0.6) is 5.75 Å². The first kappa shape index (κ1) is 27.9. The molecule has 11 heteroatoms. The van der Waals surface area contributed by atoms with Gasteiger partial charge in [-0.25, -0.2) is 0 Å². The number of hydrogen-bond acceptors (Lipinski definition) is 6. The van der Waals surface area contributed by atoms with Crippen molar-refractivity contribution in [2.75, 3.05) is 18.1 Å². The SMILES string of the molecule is CNC(=O)C[S@](=NC(=O)c1cncc(C#Cc2cccc(NC(=O)c3cc(C)nn3C)c2)c1)c1ccccc1O. The highest BCUT2D eigenvalue weighted by atomic mass is 32.2. The predicted octanol–water partition coefficient (Wildman–Crippen LogP) is 3.23. The van der Waals surface area contributed by atoms with Crippen molar-refractivity contribution in [3.8, 4) is 17.6 Å². The number of aromatic nitrogens is 3. The fraction of sp³-hybridized carbons (Fsp3) is 0.138. The van der Waals surface area contributed by atoms with Crippen molar-refractivity contribution in [3.05, 3.63) is 101 Å². The summed E-state index contributed by atoms with van der Waals surface area (Å²) in [6.45, 7) is 1.82. The Morgan fingerprint density at radius 3 is 2.52 bits per heavy atom. The average molecular weight is 555 g/mol. The normalized spacial score (nSPS) is 11.3. The van der Waals surface area contributed by atoms with Gasteiger partial charge in [0.15, 0.2) is 0 Å². The van der Waals surface area contributed by atoms with Gasteiger partial charge >= 0.3 is 0 Å². The minimum atomic E-state index is -1.21. The van der Waals surface area contributed by atoms with Crippen LogP contribution in [0.25, 0.3) is 0 Å². The van der Waals surface area contributed by atoms with Crippen LogP contribution in [-0.4, -0.2) is 50.4 Å². The lowest BCUT2D eigenvalue weighted by Gasteiger charge is -2.09. The van der Waals surface area contributed by atoms with E-state index in [0.717, 1.165) is 5.69 Å². The van der Waals surface area contributed by atoms with E-state index in [2.05, 4.69) is 36.9 Å². The Morgan fingerprint density at radius 2 is 1.80 bits per heavy atom. The molecule has 1 atom stereocenters. The Bertz CT molecular complexity index is 1700. The summed E-state index contributed by atoms with van der Waals surface area (Å²) in [5.74, 6) is 4.70. The highest BCUT2D eigenvalue weighted by Crippen LogP contribution is 2.22. The van der Waals surface area contributed by atoms with Crippen molar-refractivity contribution < 1.29 is 19.5 Å². The van der Waals surface area contributed by atoms with Crippen molar-refractivity contribution in [1.29, 1.82) is 0 Å². The lowest BCUT2D eigenvalue weighted by atomic mass is 10.1. The van der Waals surface area contributed by atoms with Crippen LogP contribution >= 0.6 is 0 Å². The topological polar surface area (TPSA) is 139 Å². The number of amides is 3. The third-order valence-corrected chi connectivity index (χ3v) is 7.33. The molecule has 0 spiro atoms. The van der Waals surface area contributed by atoms with Gasteiger partial charge in [-0.05, 0) is 60.1 Å². The number of aryl methyl sites for hydroxylation is 2. The maximum atomic E-state index is 13.0. The number of benzene rings is 2. The number of nitrogens with one attached hydrogen (secondary N) is 2. The molecule has 4 aromatic rings. The number of pyridine rings is 1. The molecular weight excluding hydrogens is 528 g/mol. The summed E-state index contributed by atoms with van der Waals surface area (Å²) in [5, 5.41) is 19.8. The standard InChI is InChI=1S/C29H26N6O4S/c1-19-13-24(35(3)33-19)29(39)32-23-8-6-7-20(15-23)11-12-21-14-22(17-31-16-21)28(38)34-40(18-27(37)30-2)26-10-5-4-9-25(26)36/h4-10,13-17,36H,18H2,1-3H3,(H,30,37)(H,32,39)/t40-/m0/s1. The highest BCUT2D eigenvalue weighted by Gasteiger charge is 2.15. The molecule has 4 rings (SSSR count). The number of carbonyl (C=O) groups excluding carboxylic acids is 3. The lowest BCUT2D eigenvalue weighted by Crippen LogP contribution is -2.24. The van der Waals surface area contributed by atoms with Gasteiger partial charge in [-0.15, -0.1) is 0 Å². The molecular formula is C29H26N6O4S. The zero-order chi connectivity index (χ0) is 28.6. The third kappa shape index (κ3) is 7.06. The number of hydrogen-bond donors (Lipinski definition) is 3. The van der Waals surface area contributed by atoms with Crippen LogP contribution in [-0.2, 0) is 22.5 Å². The van der Waals surface area contributed by atoms with Gasteiger partial charge in [0, 0.05) is 43.3 Å². The molecule has 2 heterocycles. The summed E-state index contributed by atoms with van der Waals surface area (Å²) in [5.41, 5.74) is 3.08. The van der Waals surface area contributed by atoms with Crippen LogP contribution in [0.15, 0.2) is 82.3 Å². The minimum Gasteiger partial charge on any atom is -0.507 e. The molecule has 0 unspecified atom stereocenters. The summed E-state index contributed by atoms with van der Waals surface area (Å²) >= 11 is 0. The summed E-state index contributed by atoms with van der Waals surface area (Å²) < 4.78 is 5.75. The van der Waals surface area contributed by atoms with Gasteiger partial charge < -0.3 is 15.7 Å². The lowest BCUT2D eigenvalue weighted by molar-refractivity contribution is -0.118. The van der Waals surface area contributed by atoms with Crippen LogP contribution in [0, 0.1) is 18.8 Å². The molecule has 0 aliphatic carbocycles. The summed E-state index contributed by atoms with van der Waals surface area (Å²) in [4.78, 5) is 42.2. The quantitative estimate of drug-likeness (QED) is 0.313. The van der Waals surface area contributed by atoms with Gasteiger partial charge in [0.2, 0.25) is 5.91 Å². The van der Waals surface area contributed by atoms with Crippen molar-refractivity contribution in [1.82, 2.24) is 20.1 Å². The summed E-state index contributed by atoms with van der Waals surface area (Å²) in [6.07, 6.45) is 2.90. The first-order valence-corrected chi connectivity index (χ1v) is 13.4. The molecule has 3 amide bonds. The molecule has 0 saturated carbocycles. The monoisotopic (exact) mass is 554 g/mol. The van der Waals surface area contributed by atoms with E-state index in [1.807, 2.05) is 6.92 Å². The van der Waals surface area contributed by atoms with E-state index in [9.17, 15) is 19.5 Å². The van der Waals surface area contributed by atoms with Crippen LogP contribution in [0.1, 0.15) is 37.7 Å². The van der Waals surface area contributed by atoms with E-state index in [1.54, 1.807) is 61.6 Å². The number of phenolic OH excluding ortho intramolecular Hbond substituents is 1. The predicted molar refractivity (Wildman–Crippen MR) is 152 cm³/mol. The highest BCUT2D eigenvalue weighted by molar-refractivity contribution is 7.88. The number of phenols is 1. The van der Waals surface area contributed by atoms with Crippen molar-refractivity contribution in [2.24, 2.45) is 11.4 Å². The smallest absolute Gasteiger partial charge is 0.284 e. The van der Waals surface area contributed by atoms with Crippen LogP contribution in [0.4, 0.5) is 5.69 Å². The van der Waals surface area contributed by atoms with Gasteiger partial charge in [0.1, 0.15) is 11.4 Å². The third-order valence-electron chi connectivity index (χ3n) is 5.55. The summed E-state index contributed by atoms with van der Waals surface area (Å²) in [7, 11) is 1.99. The zero-order valence-electron chi connectivity index (χ0n) is 22.0.